The number of carbonyl (C=O) groups excluding carboxylic acids is 2. The molecule has 0 spiro atoms. The Morgan fingerprint density at radius 2 is 1.46 bits per heavy atom. The maximum Gasteiger partial charge on any atom is 0.269 e. The van der Waals surface area contributed by atoms with Crippen LogP contribution in [0, 0.1) is 17.0 Å². The van der Waals surface area contributed by atoms with Crippen LogP contribution in [0.15, 0.2) is 71.7 Å². The first kappa shape index (κ1) is 18.8. The molecule has 0 unspecified atom stereocenters. The van der Waals surface area contributed by atoms with Gasteiger partial charge in [-0.05, 0) is 36.3 Å². The van der Waals surface area contributed by atoms with E-state index in [1.165, 1.54) is 18.2 Å². The number of ketones is 2. The van der Waals surface area contributed by atoms with Crippen molar-refractivity contribution in [1.29, 1.82) is 0 Å². The summed E-state index contributed by atoms with van der Waals surface area (Å²) >= 11 is 0. The lowest BCUT2D eigenvalue weighted by Crippen LogP contribution is -2.22. The fraction of sp³-hybridized carbons (Fsp3) is 0.0476. The number of aliphatic hydroxyl groups excluding tert-OH is 2. The summed E-state index contributed by atoms with van der Waals surface area (Å²) in [6.07, 6.45) is 2.81. The summed E-state index contributed by atoms with van der Waals surface area (Å²) in [7, 11) is 0. The van der Waals surface area contributed by atoms with E-state index >= 15 is 0 Å². The molecule has 0 bridgehead atoms. The van der Waals surface area contributed by atoms with Crippen LogP contribution >= 0.6 is 0 Å². The fourth-order valence-corrected chi connectivity index (χ4v) is 2.73. The van der Waals surface area contributed by atoms with Crippen LogP contribution in [0.3, 0.4) is 0 Å². The Hall–Kier alpha value is -4.00. The van der Waals surface area contributed by atoms with Crippen molar-refractivity contribution in [2.75, 3.05) is 0 Å². The zero-order valence-corrected chi connectivity index (χ0v) is 14.7. The van der Waals surface area contributed by atoms with Gasteiger partial charge >= 0.3 is 0 Å². The molecule has 0 aliphatic heterocycles. The SMILES string of the molecule is Cc1ccc(C=CC2=C(O)C(=O)C(c3ccc([N+](=O)[O-])cc3)=C(O)C2=O)cc1. The van der Waals surface area contributed by atoms with Crippen molar-refractivity contribution in [2.45, 2.75) is 6.92 Å². The highest BCUT2D eigenvalue weighted by Crippen LogP contribution is 2.31. The Kier molecular flexibility index (Phi) is 4.91. The van der Waals surface area contributed by atoms with E-state index < -0.39 is 33.6 Å². The number of Topliss-reactive ketones (excluding diaryl/α,β-unsaturated/α-hetero) is 2. The number of nitrogens with zero attached hydrogens (tertiary/aromatic N) is 1. The Balaban J connectivity index is 1.96. The maximum absolute atomic E-state index is 12.5. The molecule has 0 amide bonds. The van der Waals surface area contributed by atoms with Crippen molar-refractivity contribution in [3.8, 4) is 0 Å². The predicted molar refractivity (Wildman–Crippen MR) is 103 cm³/mol. The number of non-ortho nitro benzene ring substituents is 1. The van der Waals surface area contributed by atoms with Gasteiger partial charge in [0.1, 0.15) is 0 Å². The molecule has 2 aromatic carbocycles. The minimum atomic E-state index is -0.936. The van der Waals surface area contributed by atoms with Gasteiger partial charge in [-0.1, -0.05) is 35.9 Å². The second-order valence-electron chi connectivity index (χ2n) is 6.19. The Morgan fingerprint density at radius 3 is 2.04 bits per heavy atom. The monoisotopic (exact) mass is 377 g/mol. The van der Waals surface area contributed by atoms with E-state index in [2.05, 4.69) is 0 Å². The smallest absolute Gasteiger partial charge is 0.269 e. The topological polar surface area (TPSA) is 118 Å². The first-order valence-electron chi connectivity index (χ1n) is 8.25. The molecule has 0 radical (unpaired) electrons. The molecule has 2 N–H and O–H groups in total. The molecule has 0 atom stereocenters. The molecule has 7 nitrogen and oxygen atoms in total. The molecule has 1 aliphatic carbocycles. The van der Waals surface area contributed by atoms with Gasteiger partial charge in [0.2, 0.25) is 11.6 Å². The van der Waals surface area contributed by atoms with Gasteiger partial charge in [-0.25, -0.2) is 0 Å². The van der Waals surface area contributed by atoms with Crippen LogP contribution in [0.25, 0.3) is 11.6 Å². The van der Waals surface area contributed by atoms with E-state index in [1.54, 1.807) is 18.2 Å². The zero-order valence-electron chi connectivity index (χ0n) is 14.7. The molecule has 7 heteroatoms. The maximum atomic E-state index is 12.5. The number of hydrogen-bond donors (Lipinski definition) is 2. The quantitative estimate of drug-likeness (QED) is 0.475. The molecule has 140 valence electrons. The summed E-state index contributed by atoms with van der Waals surface area (Å²) in [5, 5.41) is 31.2. The molecule has 3 rings (SSSR count). The van der Waals surface area contributed by atoms with Crippen molar-refractivity contribution in [2.24, 2.45) is 0 Å². The normalized spacial score (nSPS) is 14.9. The molecule has 0 heterocycles. The van der Waals surface area contributed by atoms with Crippen LogP contribution in [-0.4, -0.2) is 26.7 Å². The number of benzene rings is 2. The molecule has 0 saturated carbocycles. The first-order valence-corrected chi connectivity index (χ1v) is 8.25. The highest BCUT2D eigenvalue weighted by Gasteiger charge is 2.34. The van der Waals surface area contributed by atoms with Gasteiger partial charge in [-0.2, -0.15) is 0 Å². The molecule has 0 fully saturated rings. The van der Waals surface area contributed by atoms with Gasteiger partial charge in [-0.3, -0.25) is 19.7 Å². The molecule has 2 aromatic rings. The second-order valence-corrected chi connectivity index (χ2v) is 6.19. The largest absolute Gasteiger partial charge is 0.504 e. The number of allylic oxidation sites excluding steroid dienone is 3. The molecule has 1 aliphatic rings. The second kappa shape index (κ2) is 7.32. The third kappa shape index (κ3) is 3.45. The van der Waals surface area contributed by atoms with Crippen molar-refractivity contribution in [1.82, 2.24) is 0 Å². The number of rotatable bonds is 4. The van der Waals surface area contributed by atoms with Gasteiger partial charge < -0.3 is 10.2 Å². The Bertz CT molecular complexity index is 1070. The van der Waals surface area contributed by atoms with Gasteiger partial charge in [0.15, 0.2) is 11.5 Å². The van der Waals surface area contributed by atoms with Gasteiger partial charge in [0.05, 0.1) is 16.1 Å². The standard InChI is InChI=1S/C21H15NO6/c1-12-2-4-13(5-3-12)6-11-16-18(23)20(25)17(21(26)19(16)24)14-7-9-15(10-8-14)22(27)28/h2-11,23,26H,1H3. The van der Waals surface area contributed by atoms with Gasteiger partial charge in [-0.15, -0.1) is 0 Å². The number of hydrogen-bond acceptors (Lipinski definition) is 6. The van der Waals surface area contributed by atoms with Crippen LogP contribution in [0.5, 0.6) is 0 Å². The molecular formula is C21H15NO6. The van der Waals surface area contributed by atoms with Gasteiger partial charge in [0, 0.05) is 12.1 Å². The third-order valence-corrected chi connectivity index (χ3v) is 4.28. The molecule has 28 heavy (non-hydrogen) atoms. The van der Waals surface area contributed by atoms with Crippen LogP contribution in [0.1, 0.15) is 16.7 Å². The average Bonchev–Trinajstić information content (AvgIpc) is 2.68. The van der Waals surface area contributed by atoms with Crippen molar-refractivity contribution >= 4 is 28.9 Å². The summed E-state index contributed by atoms with van der Waals surface area (Å²) in [4.78, 5) is 35.1. The minimum Gasteiger partial charge on any atom is -0.504 e. The number of aliphatic hydroxyl groups is 2. The fourth-order valence-electron chi connectivity index (χ4n) is 2.73. The highest BCUT2D eigenvalue weighted by atomic mass is 16.6. The molecular weight excluding hydrogens is 362 g/mol. The van der Waals surface area contributed by atoms with E-state index in [0.717, 1.165) is 23.3 Å². The lowest BCUT2D eigenvalue weighted by molar-refractivity contribution is -0.384. The van der Waals surface area contributed by atoms with E-state index in [1.807, 2.05) is 19.1 Å². The highest BCUT2D eigenvalue weighted by molar-refractivity contribution is 6.38. The van der Waals surface area contributed by atoms with E-state index in [9.17, 15) is 29.9 Å². The number of aryl methyl sites for hydroxylation is 1. The van der Waals surface area contributed by atoms with Crippen LogP contribution < -0.4 is 0 Å². The summed E-state index contributed by atoms with van der Waals surface area (Å²) in [5.41, 5.74) is 0.959. The molecule has 0 aromatic heterocycles. The minimum absolute atomic E-state index is 0.0922. The van der Waals surface area contributed by atoms with E-state index in [0.29, 0.717) is 0 Å². The summed E-state index contributed by atoms with van der Waals surface area (Å²) in [6.45, 7) is 1.92. The third-order valence-electron chi connectivity index (χ3n) is 4.28. The van der Waals surface area contributed by atoms with Gasteiger partial charge in [0.25, 0.3) is 5.69 Å². The van der Waals surface area contributed by atoms with Crippen LogP contribution in [-0.2, 0) is 9.59 Å². The average molecular weight is 377 g/mol. The van der Waals surface area contributed by atoms with Crippen molar-refractivity contribution in [3.63, 3.8) is 0 Å². The first-order chi connectivity index (χ1) is 13.3. The van der Waals surface area contributed by atoms with Crippen LogP contribution in [0.4, 0.5) is 5.69 Å². The van der Waals surface area contributed by atoms with Crippen LogP contribution in [0.2, 0.25) is 0 Å². The summed E-state index contributed by atoms with van der Waals surface area (Å²) in [6, 6.07) is 12.1. The molecule has 0 saturated heterocycles. The lowest BCUT2D eigenvalue weighted by Gasteiger charge is -2.16. The lowest BCUT2D eigenvalue weighted by atomic mass is 9.88. The van der Waals surface area contributed by atoms with Crippen molar-refractivity contribution in [3.05, 3.63) is 98.5 Å². The van der Waals surface area contributed by atoms with Crippen molar-refractivity contribution < 1.29 is 24.7 Å². The zero-order chi connectivity index (χ0) is 20.4. The summed E-state index contributed by atoms with van der Waals surface area (Å²) in [5.74, 6) is -3.46. The number of carbonyl (C=O) groups is 2. The Labute approximate surface area is 159 Å². The van der Waals surface area contributed by atoms with E-state index in [4.69, 9.17) is 0 Å². The predicted octanol–water partition coefficient (Wildman–Crippen LogP) is 3.85. The number of nitro groups is 1. The number of nitro benzene ring substituents is 1. The Morgan fingerprint density at radius 1 is 0.857 bits per heavy atom. The van der Waals surface area contributed by atoms with E-state index in [-0.39, 0.29) is 16.8 Å². The summed E-state index contributed by atoms with van der Waals surface area (Å²) < 4.78 is 0.